The fourth-order valence-electron chi connectivity index (χ4n) is 1.05. The fourth-order valence-corrected chi connectivity index (χ4v) is 1.05. The quantitative estimate of drug-likeness (QED) is 0.705. The van der Waals surface area contributed by atoms with Gasteiger partial charge in [0.25, 0.3) is 0 Å². The molecule has 1 heterocycles. The van der Waals surface area contributed by atoms with Gasteiger partial charge in [0.2, 0.25) is 0 Å². The van der Waals surface area contributed by atoms with Crippen LogP contribution in [-0.2, 0) is 11.2 Å². The lowest BCUT2D eigenvalue weighted by atomic mass is 10.0. The molecule has 0 fully saturated rings. The summed E-state index contributed by atoms with van der Waals surface area (Å²) in [7, 11) is 0. The highest BCUT2D eigenvalue weighted by molar-refractivity contribution is 5.70. The highest BCUT2D eigenvalue weighted by Gasteiger charge is 2.16. The molecule has 76 valence electrons. The zero-order chi connectivity index (χ0) is 10.6. The summed E-state index contributed by atoms with van der Waals surface area (Å²) in [6.07, 6.45) is 3.53. The average Bonchev–Trinajstić information content (AvgIpc) is 2.16. The molecule has 0 radical (unpaired) electrons. The Morgan fingerprint density at radius 3 is 2.71 bits per heavy atom. The molecule has 0 aliphatic heterocycles. The van der Waals surface area contributed by atoms with Crippen molar-refractivity contribution in [3.8, 4) is 0 Å². The van der Waals surface area contributed by atoms with E-state index in [0.29, 0.717) is 12.1 Å². The lowest BCUT2D eigenvalue weighted by Gasteiger charge is -2.07. The third-order valence-electron chi connectivity index (χ3n) is 1.92. The SMILES string of the molecule is Cc1cnc(CC(CN)C(=O)O)cn1. The lowest BCUT2D eigenvalue weighted by molar-refractivity contribution is -0.141. The maximum atomic E-state index is 10.7. The molecule has 14 heavy (non-hydrogen) atoms. The molecule has 0 amide bonds. The van der Waals surface area contributed by atoms with Crippen molar-refractivity contribution in [3.63, 3.8) is 0 Å². The van der Waals surface area contributed by atoms with E-state index in [4.69, 9.17) is 10.8 Å². The Balaban J connectivity index is 2.67. The number of carbonyl (C=O) groups is 1. The lowest BCUT2D eigenvalue weighted by Crippen LogP contribution is -2.25. The number of nitrogens with two attached hydrogens (primary N) is 1. The predicted molar refractivity (Wildman–Crippen MR) is 50.7 cm³/mol. The summed E-state index contributed by atoms with van der Waals surface area (Å²) in [5.41, 5.74) is 6.80. The Labute approximate surface area is 82.0 Å². The first-order chi connectivity index (χ1) is 6.63. The Morgan fingerprint density at radius 2 is 2.29 bits per heavy atom. The average molecular weight is 195 g/mol. The van der Waals surface area contributed by atoms with Crippen molar-refractivity contribution in [1.29, 1.82) is 0 Å². The van der Waals surface area contributed by atoms with Crippen molar-refractivity contribution in [3.05, 3.63) is 23.8 Å². The van der Waals surface area contributed by atoms with Crippen LogP contribution in [0.4, 0.5) is 0 Å². The molecule has 5 nitrogen and oxygen atoms in total. The van der Waals surface area contributed by atoms with Crippen LogP contribution in [0.1, 0.15) is 11.4 Å². The summed E-state index contributed by atoms with van der Waals surface area (Å²) in [5.74, 6) is -1.47. The molecule has 1 unspecified atom stereocenters. The second-order valence-corrected chi connectivity index (χ2v) is 3.12. The van der Waals surface area contributed by atoms with Crippen molar-refractivity contribution in [2.75, 3.05) is 6.54 Å². The summed E-state index contributed by atoms with van der Waals surface area (Å²) in [6.45, 7) is 1.94. The first kappa shape index (κ1) is 10.6. The number of nitrogens with zero attached hydrogens (tertiary/aromatic N) is 2. The van der Waals surface area contributed by atoms with Crippen LogP contribution in [0.15, 0.2) is 12.4 Å². The number of aryl methyl sites for hydroxylation is 1. The van der Waals surface area contributed by atoms with E-state index in [1.54, 1.807) is 12.4 Å². The minimum atomic E-state index is -0.894. The van der Waals surface area contributed by atoms with E-state index in [0.717, 1.165) is 5.69 Å². The van der Waals surface area contributed by atoms with Gasteiger partial charge >= 0.3 is 5.97 Å². The molecule has 0 aliphatic rings. The molecule has 1 aromatic heterocycles. The van der Waals surface area contributed by atoms with Crippen LogP contribution < -0.4 is 5.73 Å². The summed E-state index contributed by atoms with van der Waals surface area (Å²) in [4.78, 5) is 18.8. The van der Waals surface area contributed by atoms with Crippen molar-refractivity contribution in [1.82, 2.24) is 9.97 Å². The minimum absolute atomic E-state index is 0.116. The third kappa shape index (κ3) is 2.77. The molecule has 0 bridgehead atoms. The van der Waals surface area contributed by atoms with Crippen LogP contribution in [0.2, 0.25) is 0 Å². The van der Waals surface area contributed by atoms with E-state index in [1.807, 2.05) is 6.92 Å². The molecule has 1 aromatic rings. The monoisotopic (exact) mass is 195 g/mol. The zero-order valence-corrected chi connectivity index (χ0v) is 7.97. The van der Waals surface area contributed by atoms with Gasteiger partial charge in [0.15, 0.2) is 0 Å². The molecule has 5 heteroatoms. The molecule has 0 aromatic carbocycles. The topological polar surface area (TPSA) is 89.1 Å². The van der Waals surface area contributed by atoms with Gasteiger partial charge in [0, 0.05) is 25.4 Å². The van der Waals surface area contributed by atoms with Gasteiger partial charge < -0.3 is 10.8 Å². The molecule has 0 spiro atoms. The minimum Gasteiger partial charge on any atom is -0.481 e. The third-order valence-corrected chi connectivity index (χ3v) is 1.92. The summed E-state index contributed by atoms with van der Waals surface area (Å²) in [5, 5.41) is 8.76. The van der Waals surface area contributed by atoms with Crippen molar-refractivity contribution < 1.29 is 9.90 Å². The number of rotatable bonds is 4. The van der Waals surface area contributed by atoms with E-state index in [9.17, 15) is 4.79 Å². The number of hydrogen-bond donors (Lipinski definition) is 2. The largest absolute Gasteiger partial charge is 0.481 e. The summed E-state index contributed by atoms with van der Waals surface area (Å²) >= 11 is 0. The molecule has 0 aliphatic carbocycles. The molecular formula is C9H13N3O2. The maximum absolute atomic E-state index is 10.7. The maximum Gasteiger partial charge on any atom is 0.308 e. The Bertz CT molecular complexity index is 310. The van der Waals surface area contributed by atoms with Gasteiger partial charge in [-0.1, -0.05) is 0 Å². The van der Waals surface area contributed by atoms with Gasteiger partial charge in [-0.05, 0) is 6.92 Å². The van der Waals surface area contributed by atoms with Gasteiger partial charge in [0.05, 0.1) is 17.3 Å². The fraction of sp³-hybridized carbons (Fsp3) is 0.444. The summed E-state index contributed by atoms with van der Waals surface area (Å²) in [6, 6.07) is 0. The number of carboxylic acids is 1. The normalized spacial score (nSPS) is 12.4. The van der Waals surface area contributed by atoms with E-state index in [2.05, 4.69) is 9.97 Å². The summed E-state index contributed by atoms with van der Waals surface area (Å²) < 4.78 is 0. The Morgan fingerprint density at radius 1 is 1.57 bits per heavy atom. The predicted octanol–water partition coefficient (Wildman–Crippen LogP) is -0.0130. The van der Waals surface area contributed by atoms with E-state index >= 15 is 0 Å². The molecule has 1 atom stereocenters. The molecular weight excluding hydrogens is 182 g/mol. The first-order valence-electron chi connectivity index (χ1n) is 4.34. The Hall–Kier alpha value is -1.49. The van der Waals surface area contributed by atoms with Crippen LogP contribution >= 0.6 is 0 Å². The van der Waals surface area contributed by atoms with Crippen molar-refractivity contribution in [2.45, 2.75) is 13.3 Å². The van der Waals surface area contributed by atoms with Gasteiger partial charge in [-0.25, -0.2) is 0 Å². The van der Waals surface area contributed by atoms with Crippen LogP contribution in [0.3, 0.4) is 0 Å². The van der Waals surface area contributed by atoms with Crippen LogP contribution in [0.25, 0.3) is 0 Å². The van der Waals surface area contributed by atoms with E-state index in [-0.39, 0.29) is 6.54 Å². The molecule has 0 saturated heterocycles. The highest BCUT2D eigenvalue weighted by Crippen LogP contribution is 2.04. The van der Waals surface area contributed by atoms with Crippen LogP contribution in [0.5, 0.6) is 0 Å². The first-order valence-corrected chi connectivity index (χ1v) is 4.34. The highest BCUT2D eigenvalue weighted by atomic mass is 16.4. The van der Waals surface area contributed by atoms with Crippen molar-refractivity contribution in [2.24, 2.45) is 11.7 Å². The van der Waals surface area contributed by atoms with Gasteiger partial charge in [-0.3, -0.25) is 14.8 Å². The molecule has 3 N–H and O–H groups in total. The second-order valence-electron chi connectivity index (χ2n) is 3.12. The molecule has 0 saturated carbocycles. The number of carboxylic acid groups (broad SMARTS) is 1. The van der Waals surface area contributed by atoms with E-state index in [1.165, 1.54) is 0 Å². The van der Waals surface area contributed by atoms with Crippen LogP contribution in [-0.4, -0.2) is 27.6 Å². The van der Waals surface area contributed by atoms with Gasteiger partial charge in [-0.2, -0.15) is 0 Å². The zero-order valence-electron chi connectivity index (χ0n) is 7.97. The van der Waals surface area contributed by atoms with E-state index < -0.39 is 11.9 Å². The van der Waals surface area contributed by atoms with Gasteiger partial charge in [0.1, 0.15) is 0 Å². The number of hydrogen-bond acceptors (Lipinski definition) is 4. The molecule has 1 rings (SSSR count). The van der Waals surface area contributed by atoms with Crippen molar-refractivity contribution >= 4 is 5.97 Å². The smallest absolute Gasteiger partial charge is 0.308 e. The van der Waals surface area contributed by atoms with Gasteiger partial charge in [-0.15, -0.1) is 0 Å². The second kappa shape index (κ2) is 4.66. The standard InChI is InChI=1S/C9H13N3O2/c1-6-4-12-8(5-11-6)2-7(3-10)9(13)14/h4-5,7H,2-3,10H2,1H3,(H,13,14). The number of aromatic nitrogens is 2. The number of aliphatic carboxylic acids is 1. The van der Waals surface area contributed by atoms with Crippen LogP contribution in [0, 0.1) is 12.8 Å². The Kier molecular flexibility index (Phi) is 3.53.